The zero-order valence-electron chi connectivity index (χ0n) is 13.7. The highest BCUT2D eigenvalue weighted by Gasteiger charge is 2.25. The molecule has 1 fully saturated rings. The Bertz CT molecular complexity index is 814. The standard InChI is InChI=1S/C19H17NO4S/c1-13-6-8-15(9-7-13)23-10-11-24-16-5-3-2-4-14(16)12-17-18(21)20-19(22)25-17/h2-9,12H,10-11H2,1H3,(H,20,21,22)/b17-12-. The molecule has 1 heterocycles. The largest absolute Gasteiger partial charge is 0.490 e. The van der Waals surface area contributed by atoms with Gasteiger partial charge in [-0.15, -0.1) is 0 Å². The van der Waals surface area contributed by atoms with Crippen molar-refractivity contribution in [3.63, 3.8) is 0 Å². The monoisotopic (exact) mass is 355 g/mol. The molecule has 2 aromatic carbocycles. The molecule has 3 rings (SSSR count). The summed E-state index contributed by atoms with van der Waals surface area (Å²) in [5.41, 5.74) is 1.92. The van der Waals surface area contributed by atoms with Gasteiger partial charge in [0.05, 0.1) is 4.91 Å². The molecule has 128 valence electrons. The molecule has 0 radical (unpaired) electrons. The number of ether oxygens (including phenoxy) is 2. The molecule has 0 bridgehead atoms. The highest BCUT2D eigenvalue weighted by atomic mass is 32.2. The Kier molecular flexibility index (Phi) is 5.40. The zero-order chi connectivity index (χ0) is 17.6. The average molecular weight is 355 g/mol. The molecule has 0 atom stereocenters. The van der Waals surface area contributed by atoms with Gasteiger partial charge < -0.3 is 9.47 Å². The van der Waals surface area contributed by atoms with Crippen molar-refractivity contribution >= 4 is 29.0 Å². The second kappa shape index (κ2) is 7.90. The third kappa shape index (κ3) is 4.64. The van der Waals surface area contributed by atoms with Gasteiger partial charge in [0.2, 0.25) is 0 Å². The number of thioether (sulfide) groups is 1. The van der Waals surface area contributed by atoms with Gasteiger partial charge in [-0.25, -0.2) is 0 Å². The number of rotatable bonds is 6. The maximum Gasteiger partial charge on any atom is 0.290 e. The fourth-order valence-corrected chi connectivity index (χ4v) is 2.91. The van der Waals surface area contributed by atoms with Gasteiger partial charge in [-0.3, -0.25) is 14.9 Å². The molecule has 0 aromatic heterocycles. The van der Waals surface area contributed by atoms with Crippen molar-refractivity contribution < 1.29 is 19.1 Å². The fraction of sp³-hybridized carbons (Fsp3) is 0.158. The molecule has 25 heavy (non-hydrogen) atoms. The highest BCUT2D eigenvalue weighted by molar-refractivity contribution is 8.18. The quantitative estimate of drug-likeness (QED) is 0.631. The van der Waals surface area contributed by atoms with Crippen LogP contribution in [0.15, 0.2) is 53.4 Å². The van der Waals surface area contributed by atoms with Crippen LogP contribution in [-0.2, 0) is 4.79 Å². The van der Waals surface area contributed by atoms with Crippen LogP contribution in [0.2, 0.25) is 0 Å². The SMILES string of the molecule is Cc1ccc(OCCOc2ccccc2/C=C2\SC(=O)NC2=O)cc1. The van der Waals surface area contributed by atoms with E-state index < -0.39 is 0 Å². The van der Waals surface area contributed by atoms with Crippen LogP contribution in [0, 0.1) is 6.92 Å². The van der Waals surface area contributed by atoms with E-state index >= 15 is 0 Å². The number of imide groups is 1. The van der Waals surface area contributed by atoms with Crippen LogP contribution in [0.1, 0.15) is 11.1 Å². The number of benzene rings is 2. The van der Waals surface area contributed by atoms with Crippen LogP contribution >= 0.6 is 11.8 Å². The third-order valence-corrected chi connectivity index (χ3v) is 4.29. The fourth-order valence-electron chi connectivity index (χ4n) is 2.24. The van der Waals surface area contributed by atoms with Gasteiger partial charge in [-0.05, 0) is 43.0 Å². The number of carbonyl (C=O) groups is 2. The van der Waals surface area contributed by atoms with Crippen molar-refractivity contribution in [2.24, 2.45) is 0 Å². The molecule has 6 heteroatoms. The minimum atomic E-state index is -0.382. The lowest BCUT2D eigenvalue weighted by atomic mass is 10.2. The molecule has 2 amide bonds. The number of para-hydroxylation sites is 1. The van der Waals surface area contributed by atoms with Gasteiger partial charge in [0, 0.05) is 5.56 Å². The molecule has 1 N–H and O–H groups in total. The Morgan fingerprint density at radius 2 is 1.72 bits per heavy atom. The maximum absolute atomic E-state index is 11.7. The molecule has 2 aromatic rings. The van der Waals surface area contributed by atoms with Crippen molar-refractivity contribution in [3.05, 3.63) is 64.6 Å². The maximum atomic E-state index is 11.7. The van der Waals surface area contributed by atoms with Crippen LogP contribution in [0.25, 0.3) is 6.08 Å². The zero-order valence-corrected chi connectivity index (χ0v) is 14.5. The summed E-state index contributed by atoms with van der Waals surface area (Å²) in [6.07, 6.45) is 1.65. The second-order valence-corrected chi connectivity index (χ2v) is 6.41. The van der Waals surface area contributed by atoms with Crippen molar-refractivity contribution in [2.45, 2.75) is 6.92 Å². The van der Waals surface area contributed by atoms with Crippen molar-refractivity contribution in [2.75, 3.05) is 13.2 Å². The van der Waals surface area contributed by atoms with Crippen molar-refractivity contribution in [1.29, 1.82) is 0 Å². The molecule has 1 aliphatic heterocycles. The number of nitrogens with one attached hydrogen (secondary N) is 1. The first-order valence-corrected chi connectivity index (χ1v) is 8.59. The summed E-state index contributed by atoms with van der Waals surface area (Å²) in [6.45, 7) is 2.79. The predicted octanol–water partition coefficient (Wildman–Crippen LogP) is 3.78. The van der Waals surface area contributed by atoms with E-state index in [1.165, 1.54) is 5.56 Å². The van der Waals surface area contributed by atoms with Crippen LogP contribution in [-0.4, -0.2) is 24.4 Å². The molecule has 1 saturated heterocycles. The Morgan fingerprint density at radius 3 is 2.44 bits per heavy atom. The van der Waals surface area contributed by atoms with Crippen molar-refractivity contribution in [1.82, 2.24) is 5.32 Å². The van der Waals surface area contributed by atoms with Crippen LogP contribution < -0.4 is 14.8 Å². The van der Waals surface area contributed by atoms with Gasteiger partial charge in [0.25, 0.3) is 11.1 Å². The topological polar surface area (TPSA) is 64.6 Å². The number of hydrogen-bond donors (Lipinski definition) is 1. The minimum absolute atomic E-state index is 0.358. The van der Waals surface area contributed by atoms with E-state index in [-0.39, 0.29) is 11.1 Å². The van der Waals surface area contributed by atoms with E-state index in [1.54, 1.807) is 6.08 Å². The normalized spacial score (nSPS) is 15.3. The summed E-state index contributed by atoms with van der Waals surface area (Å²) < 4.78 is 11.4. The Hall–Kier alpha value is -2.73. The van der Waals surface area contributed by atoms with Crippen LogP contribution in [0.5, 0.6) is 11.5 Å². The number of amides is 2. The Labute approximate surface area is 150 Å². The Balaban J connectivity index is 1.59. The first kappa shape index (κ1) is 17.1. The van der Waals surface area contributed by atoms with E-state index in [9.17, 15) is 9.59 Å². The molecule has 1 aliphatic rings. The predicted molar refractivity (Wildman–Crippen MR) is 97.7 cm³/mol. The molecule has 0 spiro atoms. The van der Waals surface area contributed by atoms with E-state index in [2.05, 4.69) is 5.32 Å². The first-order valence-electron chi connectivity index (χ1n) is 7.78. The average Bonchev–Trinajstić information content (AvgIpc) is 2.92. The number of aryl methyl sites for hydroxylation is 1. The molecule has 5 nitrogen and oxygen atoms in total. The van der Waals surface area contributed by atoms with Gasteiger partial charge in [-0.2, -0.15) is 0 Å². The summed E-state index contributed by atoms with van der Waals surface area (Å²) in [4.78, 5) is 23.3. The van der Waals surface area contributed by atoms with Crippen molar-refractivity contribution in [3.8, 4) is 11.5 Å². The number of hydrogen-bond acceptors (Lipinski definition) is 5. The summed E-state index contributed by atoms with van der Waals surface area (Å²) in [5, 5.41) is 1.88. The molecule has 0 unspecified atom stereocenters. The first-order chi connectivity index (χ1) is 12.1. The minimum Gasteiger partial charge on any atom is -0.490 e. The van der Waals surface area contributed by atoms with E-state index in [1.807, 2.05) is 55.5 Å². The van der Waals surface area contributed by atoms with Gasteiger partial charge in [0.1, 0.15) is 24.7 Å². The summed E-state index contributed by atoms with van der Waals surface area (Å²) in [7, 11) is 0. The van der Waals surface area contributed by atoms with Crippen LogP contribution in [0.3, 0.4) is 0 Å². The smallest absolute Gasteiger partial charge is 0.290 e. The van der Waals surface area contributed by atoms with E-state index in [4.69, 9.17) is 9.47 Å². The highest BCUT2D eigenvalue weighted by Crippen LogP contribution is 2.29. The number of carbonyl (C=O) groups excluding carboxylic acids is 2. The molecular formula is C19H17NO4S. The molecule has 0 saturated carbocycles. The molecule has 0 aliphatic carbocycles. The third-order valence-electron chi connectivity index (χ3n) is 3.48. The van der Waals surface area contributed by atoms with Gasteiger partial charge in [-0.1, -0.05) is 35.9 Å². The second-order valence-electron chi connectivity index (χ2n) is 5.40. The van der Waals surface area contributed by atoms with Crippen LogP contribution in [0.4, 0.5) is 4.79 Å². The van der Waals surface area contributed by atoms with E-state index in [0.717, 1.165) is 23.1 Å². The summed E-state index contributed by atoms with van der Waals surface area (Å²) in [5.74, 6) is 1.05. The van der Waals surface area contributed by atoms with Gasteiger partial charge >= 0.3 is 0 Å². The Morgan fingerprint density at radius 1 is 1.00 bits per heavy atom. The lowest BCUT2D eigenvalue weighted by molar-refractivity contribution is -0.115. The summed E-state index contributed by atoms with van der Waals surface area (Å²) >= 11 is 0.885. The molecular weight excluding hydrogens is 338 g/mol. The van der Waals surface area contributed by atoms with Gasteiger partial charge in [0.15, 0.2) is 0 Å². The van der Waals surface area contributed by atoms with E-state index in [0.29, 0.717) is 23.9 Å². The lowest BCUT2D eigenvalue weighted by Crippen LogP contribution is -2.17. The summed E-state index contributed by atoms with van der Waals surface area (Å²) in [6, 6.07) is 15.2. The lowest BCUT2D eigenvalue weighted by Gasteiger charge is -2.10.